The normalized spacial score (nSPS) is 10.8. The van der Waals surface area contributed by atoms with Gasteiger partial charge in [-0.05, 0) is 19.8 Å². The zero-order chi connectivity index (χ0) is 15.4. The maximum atomic E-state index is 12.2. The summed E-state index contributed by atoms with van der Waals surface area (Å²) in [7, 11) is 3.34. The maximum Gasteiger partial charge on any atom is 0.328 e. The first-order chi connectivity index (χ1) is 9.34. The third-order valence-electron chi connectivity index (χ3n) is 3.09. The molecule has 0 radical (unpaired) electrons. The molecule has 2 amide bonds. The SMILES string of the molecule is C=C(NC)N(C(=O)NC)c1c(C(C)C)cnn1C(C)C. The van der Waals surface area contributed by atoms with Crippen molar-refractivity contribution in [1.29, 1.82) is 0 Å². The summed E-state index contributed by atoms with van der Waals surface area (Å²) in [5.41, 5.74) is 1.01. The van der Waals surface area contributed by atoms with Gasteiger partial charge in [-0.2, -0.15) is 5.10 Å². The van der Waals surface area contributed by atoms with E-state index in [4.69, 9.17) is 0 Å². The number of hydrogen-bond donors (Lipinski definition) is 2. The van der Waals surface area contributed by atoms with Gasteiger partial charge in [0.2, 0.25) is 0 Å². The van der Waals surface area contributed by atoms with E-state index in [-0.39, 0.29) is 18.0 Å². The molecule has 20 heavy (non-hydrogen) atoms. The predicted octanol–water partition coefficient (Wildman–Crippen LogP) is 2.42. The van der Waals surface area contributed by atoms with Crippen LogP contribution in [0.15, 0.2) is 18.6 Å². The van der Waals surface area contributed by atoms with E-state index in [1.54, 1.807) is 14.1 Å². The summed E-state index contributed by atoms with van der Waals surface area (Å²) in [4.78, 5) is 13.8. The van der Waals surface area contributed by atoms with Gasteiger partial charge in [0.05, 0.1) is 6.20 Å². The van der Waals surface area contributed by atoms with Crippen molar-refractivity contribution in [2.45, 2.75) is 39.7 Å². The topological polar surface area (TPSA) is 62.2 Å². The van der Waals surface area contributed by atoms with Crippen LogP contribution >= 0.6 is 0 Å². The molecular weight excluding hydrogens is 254 g/mol. The Hall–Kier alpha value is -1.98. The van der Waals surface area contributed by atoms with Crippen molar-refractivity contribution in [3.05, 3.63) is 24.2 Å². The van der Waals surface area contributed by atoms with Gasteiger partial charge in [-0.1, -0.05) is 20.4 Å². The number of rotatable bonds is 5. The molecule has 6 nitrogen and oxygen atoms in total. The molecule has 0 aliphatic heterocycles. The average molecular weight is 279 g/mol. The summed E-state index contributed by atoms with van der Waals surface area (Å²) < 4.78 is 1.84. The van der Waals surface area contributed by atoms with E-state index in [0.29, 0.717) is 5.82 Å². The fourth-order valence-electron chi connectivity index (χ4n) is 1.96. The van der Waals surface area contributed by atoms with Crippen molar-refractivity contribution >= 4 is 11.8 Å². The van der Waals surface area contributed by atoms with E-state index < -0.39 is 0 Å². The zero-order valence-corrected chi connectivity index (χ0v) is 13.2. The predicted molar refractivity (Wildman–Crippen MR) is 81.8 cm³/mol. The summed E-state index contributed by atoms with van der Waals surface area (Å²) in [5, 5.41) is 9.99. The fraction of sp³-hybridized carbons (Fsp3) is 0.571. The number of amides is 2. The van der Waals surface area contributed by atoms with E-state index in [0.717, 1.165) is 11.4 Å². The number of carbonyl (C=O) groups excluding carboxylic acids is 1. The molecule has 1 aromatic heterocycles. The Labute approximate surface area is 120 Å². The Morgan fingerprint density at radius 2 is 1.90 bits per heavy atom. The minimum absolute atomic E-state index is 0.148. The molecule has 2 N–H and O–H groups in total. The maximum absolute atomic E-state index is 12.2. The van der Waals surface area contributed by atoms with E-state index in [9.17, 15) is 4.79 Å². The molecule has 0 saturated heterocycles. The van der Waals surface area contributed by atoms with Gasteiger partial charge in [0, 0.05) is 25.7 Å². The summed E-state index contributed by atoms with van der Waals surface area (Å²) >= 11 is 0. The highest BCUT2D eigenvalue weighted by Crippen LogP contribution is 2.31. The smallest absolute Gasteiger partial charge is 0.328 e. The Kier molecular flexibility index (Phi) is 5.19. The van der Waals surface area contributed by atoms with Crippen LogP contribution in [0.2, 0.25) is 0 Å². The first-order valence-electron chi connectivity index (χ1n) is 6.81. The van der Waals surface area contributed by atoms with Gasteiger partial charge < -0.3 is 10.6 Å². The van der Waals surface area contributed by atoms with Gasteiger partial charge in [-0.25, -0.2) is 14.4 Å². The molecule has 0 spiro atoms. The highest BCUT2D eigenvalue weighted by Gasteiger charge is 2.27. The molecule has 1 aromatic rings. The third-order valence-corrected chi connectivity index (χ3v) is 3.09. The van der Waals surface area contributed by atoms with E-state index >= 15 is 0 Å². The van der Waals surface area contributed by atoms with Crippen LogP contribution in [0.3, 0.4) is 0 Å². The first kappa shape index (κ1) is 16.1. The van der Waals surface area contributed by atoms with Gasteiger partial charge in [-0.3, -0.25) is 0 Å². The number of nitrogens with zero attached hydrogens (tertiary/aromatic N) is 3. The zero-order valence-electron chi connectivity index (χ0n) is 13.2. The molecule has 1 heterocycles. The minimum atomic E-state index is -0.242. The van der Waals surface area contributed by atoms with Gasteiger partial charge >= 0.3 is 6.03 Å². The van der Waals surface area contributed by atoms with Gasteiger partial charge in [0.15, 0.2) is 0 Å². The molecule has 6 heteroatoms. The molecule has 0 atom stereocenters. The van der Waals surface area contributed by atoms with Crippen molar-refractivity contribution in [3.8, 4) is 0 Å². The molecule has 0 aliphatic carbocycles. The summed E-state index contributed by atoms with van der Waals surface area (Å²) in [6, 6.07) is -0.0945. The van der Waals surface area contributed by atoms with Crippen LogP contribution in [0.25, 0.3) is 0 Å². The number of carbonyl (C=O) groups is 1. The highest BCUT2D eigenvalue weighted by molar-refractivity contribution is 5.94. The fourth-order valence-corrected chi connectivity index (χ4v) is 1.96. The van der Waals surface area contributed by atoms with Crippen molar-refractivity contribution in [3.63, 3.8) is 0 Å². The largest absolute Gasteiger partial charge is 0.375 e. The van der Waals surface area contributed by atoms with Crippen LogP contribution in [-0.4, -0.2) is 29.9 Å². The lowest BCUT2D eigenvalue weighted by Crippen LogP contribution is -2.42. The molecule has 112 valence electrons. The standard InChI is InChI=1S/C14H25N5O/c1-9(2)12-8-17-19(10(3)4)13(12)18(11(5)15-6)14(20)16-7/h8-10,15H,5H2,1-4,6-7H3,(H,16,20). The Morgan fingerprint density at radius 3 is 2.30 bits per heavy atom. The third kappa shape index (κ3) is 2.95. The van der Waals surface area contributed by atoms with Crippen LogP contribution in [0.5, 0.6) is 0 Å². The molecule has 0 fully saturated rings. The minimum Gasteiger partial charge on any atom is -0.375 e. The van der Waals surface area contributed by atoms with Gasteiger partial charge in [-0.15, -0.1) is 0 Å². The lowest BCUT2D eigenvalue weighted by atomic mass is 10.1. The van der Waals surface area contributed by atoms with E-state index in [1.165, 1.54) is 4.90 Å². The second-order valence-electron chi connectivity index (χ2n) is 5.20. The second kappa shape index (κ2) is 6.45. The molecule has 0 aliphatic rings. The van der Waals surface area contributed by atoms with Crippen LogP contribution in [0.4, 0.5) is 10.6 Å². The quantitative estimate of drug-likeness (QED) is 0.870. The van der Waals surface area contributed by atoms with E-state index in [2.05, 4.69) is 36.2 Å². The number of urea groups is 1. The van der Waals surface area contributed by atoms with Crippen molar-refractivity contribution in [2.24, 2.45) is 0 Å². The van der Waals surface area contributed by atoms with Crippen LogP contribution in [0.1, 0.15) is 45.2 Å². The Morgan fingerprint density at radius 1 is 1.30 bits per heavy atom. The monoisotopic (exact) mass is 279 g/mol. The number of aromatic nitrogens is 2. The number of hydrogen-bond acceptors (Lipinski definition) is 3. The summed E-state index contributed by atoms with van der Waals surface area (Å²) in [5.74, 6) is 1.52. The number of anilines is 1. The molecule has 0 saturated carbocycles. The molecule has 0 unspecified atom stereocenters. The highest BCUT2D eigenvalue weighted by atomic mass is 16.2. The molecular formula is C14H25N5O. The molecule has 0 aromatic carbocycles. The molecule has 1 rings (SSSR count). The van der Waals surface area contributed by atoms with Gasteiger partial charge in [0.1, 0.15) is 11.6 Å². The van der Waals surface area contributed by atoms with Crippen LogP contribution < -0.4 is 15.5 Å². The van der Waals surface area contributed by atoms with Crippen molar-refractivity contribution in [2.75, 3.05) is 19.0 Å². The molecule has 0 bridgehead atoms. The lowest BCUT2D eigenvalue weighted by molar-refractivity contribution is 0.249. The van der Waals surface area contributed by atoms with Crippen LogP contribution in [0, 0.1) is 0 Å². The van der Waals surface area contributed by atoms with Gasteiger partial charge in [0.25, 0.3) is 0 Å². The Bertz CT molecular complexity index is 448. The van der Waals surface area contributed by atoms with E-state index in [1.807, 2.05) is 24.7 Å². The summed E-state index contributed by atoms with van der Waals surface area (Å²) in [6.45, 7) is 12.1. The number of nitrogens with one attached hydrogen (secondary N) is 2. The summed E-state index contributed by atoms with van der Waals surface area (Å²) in [6.07, 6.45) is 1.82. The second-order valence-corrected chi connectivity index (χ2v) is 5.20. The Balaban J connectivity index is 3.47. The lowest BCUT2D eigenvalue weighted by Gasteiger charge is -2.27. The van der Waals surface area contributed by atoms with Crippen molar-refractivity contribution in [1.82, 2.24) is 20.4 Å². The van der Waals surface area contributed by atoms with Crippen molar-refractivity contribution < 1.29 is 4.79 Å². The average Bonchev–Trinajstić information content (AvgIpc) is 2.83. The van der Waals surface area contributed by atoms with Crippen LogP contribution in [-0.2, 0) is 0 Å². The first-order valence-corrected chi connectivity index (χ1v) is 6.81.